The van der Waals surface area contributed by atoms with Crippen LogP contribution in [0.3, 0.4) is 0 Å². The minimum Gasteiger partial charge on any atom is -0.368 e. The van der Waals surface area contributed by atoms with Gasteiger partial charge in [-0.2, -0.15) is 0 Å². The van der Waals surface area contributed by atoms with Crippen molar-refractivity contribution in [2.75, 3.05) is 36.0 Å². The molecule has 3 nitrogen and oxygen atoms in total. The number of anilines is 2. The summed E-state index contributed by atoms with van der Waals surface area (Å²) in [5.41, 5.74) is 3.73. The Morgan fingerprint density at radius 3 is 2.54 bits per heavy atom. The van der Waals surface area contributed by atoms with Crippen LogP contribution in [0.2, 0.25) is 5.02 Å². The second kappa shape index (κ2) is 6.61. The summed E-state index contributed by atoms with van der Waals surface area (Å²) >= 11 is 7.92. The Balaban J connectivity index is 1.52. The van der Waals surface area contributed by atoms with Crippen molar-refractivity contribution in [3.63, 3.8) is 0 Å². The van der Waals surface area contributed by atoms with Gasteiger partial charge in [0.05, 0.1) is 10.2 Å². The molecule has 1 saturated heterocycles. The Morgan fingerprint density at radius 1 is 1.04 bits per heavy atom. The molecule has 0 saturated carbocycles. The van der Waals surface area contributed by atoms with Crippen LogP contribution < -0.4 is 9.80 Å². The van der Waals surface area contributed by atoms with Gasteiger partial charge in [0.25, 0.3) is 0 Å². The summed E-state index contributed by atoms with van der Waals surface area (Å²) in [6.07, 6.45) is 1.03. The number of piperazine rings is 1. The quantitative estimate of drug-likeness (QED) is 0.668. The Hall–Kier alpha value is -1.78. The first-order chi connectivity index (χ1) is 11.7. The number of aryl methyl sites for hydroxylation is 1. The van der Waals surface area contributed by atoms with E-state index < -0.39 is 0 Å². The molecule has 0 aliphatic carbocycles. The van der Waals surface area contributed by atoms with Gasteiger partial charge in [-0.1, -0.05) is 48.1 Å². The van der Waals surface area contributed by atoms with E-state index in [0.717, 1.165) is 42.8 Å². The minimum atomic E-state index is 0.799. The molecule has 3 aromatic rings. The third-order valence-electron chi connectivity index (χ3n) is 4.60. The maximum Gasteiger partial charge on any atom is 0.186 e. The van der Waals surface area contributed by atoms with Crippen LogP contribution in [0, 0.1) is 0 Å². The van der Waals surface area contributed by atoms with Gasteiger partial charge in [-0.25, -0.2) is 4.98 Å². The van der Waals surface area contributed by atoms with Gasteiger partial charge in [0.1, 0.15) is 0 Å². The zero-order valence-electron chi connectivity index (χ0n) is 13.7. The van der Waals surface area contributed by atoms with E-state index >= 15 is 0 Å². The fraction of sp³-hybridized carbons (Fsp3) is 0.316. The largest absolute Gasteiger partial charge is 0.368 e. The van der Waals surface area contributed by atoms with E-state index in [1.165, 1.54) is 21.5 Å². The number of fused-ring (bicyclic) bond motifs is 1. The second-order valence-electron chi connectivity index (χ2n) is 6.07. The first-order valence-corrected chi connectivity index (χ1v) is 9.58. The fourth-order valence-corrected chi connectivity index (χ4v) is 4.49. The number of para-hydroxylation sites is 1. The Morgan fingerprint density at radius 2 is 1.79 bits per heavy atom. The number of hydrogen-bond donors (Lipinski definition) is 0. The molecule has 1 aliphatic heterocycles. The molecule has 124 valence electrons. The van der Waals surface area contributed by atoms with E-state index in [0.29, 0.717) is 0 Å². The summed E-state index contributed by atoms with van der Waals surface area (Å²) < 4.78 is 1.29. The van der Waals surface area contributed by atoms with Crippen LogP contribution in [0.25, 0.3) is 10.2 Å². The highest BCUT2D eigenvalue weighted by atomic mass is 35.5. The third-order valence-corrected chi connectivity index (χ3v) is 5.91. The fourth-order valence-electron chi connectivity index (χ4n) is 3.24. The highest BCUT2D eigenvalue weighted by Gasteiger charge is 2.20. The molecule has 0 atom stereocenters. The maximum absolute atomic E-state index is 6.12. The molecular weight excluding hydrogens is 338 g/mol. The van der Waals surface area contributed by atoms with Gasteiger partial charge in [0, 0.05) is 36.9 Å². The standard InChI is InChI=1S/C19H20ClN3S/c1-2-14-5-3-8-17-18(14)21-19(24-17)23-11-9-22(10-12-23)16-7-4-6-15(20)13-16/h3-8,13H,2,9-12H2,1H3. The lowest BCUT2D eigenvalue weighted by Crippen LogP contribution is -2.46. The summed E-state index contributed by atoms with van der Waals surface area (Å²) in [5, 5.41) is 1.95. The Bertz CT molecular complexity index is 853. The van der Waals surface area contributed by atoms with E-state index in [-0.39, 0.29) is 0 Å². The average Bonchev–Trinajstić information content (AvgIpc) is 3.06. The molecule has 0 unspecified atom stereocenters. The van der Waals surface area contributed by atoms with Crippen molar-refractivity contribution < 1.29 is 0 Å². The number of aromatic nitrogens is 1. The van der Waals surface area contributed by atoms with Crippen LogP contribution in [0.4, 0.5) is 10.8 Å². The molecule has 1 fully saturated rings. The minimum absolute atomic E-state index is 0.799. The molecule has 0 spiro atoms. The maximum atomic E-state index is 6.12. The van der Waals surface area contributed by atoms with Crippen LogP contribution in [-0.2, 0) is 6.42 Å². The third kappa shape index (κ3) is 2.96. The number of benzene rings is 2. The number of nitrogens with zero attached hydrogens (tertiary/aromatic N) is 3. The molecule has 5 heteroatoms. The Labute approximate surface area is 151 Å². The number of hydrogen-bond acceptors (Lipinski definition) is 4. The molecule has 0 N–H and O–H groups in total. The van der Waals surface area contributed by atoms with E-state index in [1.54, 1.807) is 0 Å². The van der Waals surface area contributed by atoms with Gasteiger partial charge in [0.2, 0.25) is 0 Å². The first-order valence-electron chi connectivity index (χ1n) is 8.38. The molecule has 0 amide bonds. The zero-order valence-corrected chi connectivity index (χ0v) is 15.3. The summed E-state index contributed by atoms with van der Waals surface area (Å²) in [7, 11) is 0. The van der Waals surface area contributed by atoms with E-state index in [2.05, 4.69) is 41.0 Å². The van der Waals surface area contributed by atoms with Gasteiger partial charge in [-0.05, 0) is 36.2 Å². The van der Waals surface area contributed by atoms with Crippen LogP contribution >= 0.6 is 22.9 Å². The molecule has 24 heavy (non-hydrogen) atoms. The summed E-state index contributed by atoms with van der Waals surface area (Å²) in [6, 6.07) is 14.6. The normalized spacial score (nSPS) is 15.2. The monoisotopic (exact) mass is 357 g/mol. The summed E-state index contributed by atoms with van der Waals surface area (Å²) in [4.78, 5) is 9.73. The van der Waals surface area contributed by atoms with Crippen LogP contribution in [0.15, 0.2) is 42.5 Å². The zero-order chi connectivity index (χ0) is 16.5. The molecule has 2 heterocycles. The van der Waals surface area contributed by atoms with Crippen molar-refractivity contribution in [3.05, 3.63) is 53.1 Å². The summed E-state index contributed by atoms with van der Waals surface area (Å²) in [5.74, 6) is 0. The Kier molecular flexibility index (Phi) is 4.33. The summed E-state index contributed by atoms with van der Waals surface area (Å²) in [6.45, 7) is 6.17. The topological polar surface area (TPSA) is 19.4 Å². The molecule has 1 aliphatic rings. The first kappa shape index (κ1) is 15.7. The lowest BCUT2D eigenvalue weighted by molar-refractivity contribution is 0.652. The molecule has 4 rings (SSSR count). The SMILES string of the molecule is CCc1cccc2sc(N3CCN(c4cccc(Cl)c4)CC3)nc12. The smallest absolute Gasteiger partial charge is 0.186 e. The lowest BCUT2D eigenvalue weighted by Gasteiger charge is -2.36. The molecule has 0 radical (unpaired) electrons. The lowest BCUT2D eigenvalue weighted by atomic mass is 10.1. The van der Waals surface area contributed by atoms with E-state index in [4.69, 9.17) is 16.6 Å². The highest BCUT2D eigenvalue weighted by Crippen LogP contribution is 2.32. The highest BCUT2D eigenvalue weighted by molar-refractivity contribution is 7.22. The van der Waals surface area contributed by atoms with Gasteiger partial charge in [0.15, 0.2) is 5.13 Å². The predicted molar refractivity (Wildman–Crippen MR) is 105 cm³/mol. The molecule has 2 aromatic carbocycles. The van der Waals surface area contributed by atoms with Crippen molar-refractivity contribution in [2.45, 2.75) is 13.3 Å². The molecule has 1 aromatic heterocycles. The van der Waals surface area contributed by atoms with Crippen LogP contribution in [-0.4, -0.2) is 31.2 Å². The van der Waals surface area contributed by atoms with Crippen molar-refractivity contribution in [3.8, 4) is 0 Å². The van der Waals surface area contributed by atoms with Gasteiger partial charge in [-0.3, -0.25) is 0 Å². The number of thiazole rings is 1. The van der Waals surface area contributed by atoms with Crippen molar-refractivity contribution in [2.24, 2.45) is 0 Å². The van der Waals surface area contributed by atoms with E-state index in [1.807, 2.05) is 29.5 Å². The van der Waals surface area contributed by atoms with Crippen LogP contribution in [0.1, 0.15) is 12.5 Å². The average molecular weight is 358 g/mol. The molecular formula is C19H20ClN3S. The van der Waals surface area contributed by atoms with Crippen molar-refractivity contribution in [1.82, 2.24) is 4.98 Å². The van der Waals surface area contributed by atoms with Gasteiger partial charge < -0.3 is 9.80 Å². The number of rotatable bonds is 3. The number of halogens is 1. The van der Waals surface area contributed by atoms with Crippen molar-refractivity contribution in [1.29, 1.82) is 0 Å². The predicted octanol–water partition coefficient (Wildman–Crippen LogP) is 4.84. The van der Waals surface area contributed by atoms with Crippen molar-refractivity contribution >= 4 is 44.0 Å². The van der Waals surface area contributed by atoms with Gasteiger partial charge in [-0.15, -0.1) is 0 Å². The van der Waals surface area contributed by atoms with Crippen LogP contribution in [0.5, 0.6) is 0 Å². The van der Waals surface area contributed by atoms with E-state index in [9.17, 15) is 0 Å². The molecule has 0 bridgehead atoms. The second-order valence-corrected chi connectivity index (χ2v) is 7.51. The van der Waals surface area contributed by atoms with Gasteiger partial charge >= 0.3 is 0 Å².